The molecule has 0 amide bonds. The number of carbonyl (C=O) groups excluding carboxylic acids is 1. The summed E-state index contributed by atoms with van der Waals surface area (Å²) in [5.74, 6) is 0.268. The minimum atomic E-state index is -0.658. The number of rotatable bonds is 7. The number of nitrogens with zero attached hydrogens (tertiary/aromatic N) is 2. The van der Waals surface area contributed by atoms with Crippen LogP contribution in [0.2, 0.25) is 0 Å². The standard InChI is InChI=1S/C26H29FN2O3/c1-3-29(4-2)26-22(14-13-20-15-19(30)16-24(31)32-20)25(17-9-11-18(27)12-10-17)21-7-5-6-8-23(21)28-26/h5-12,19-20,30H,3-4,13-16H2,1-2H3/t19-,20+/m0/s1. The van der Waals surface area contributed by atoms with E-state index in [1.165, 1.54) is 12.1 Å². The maximum absolute atomic E-state index is 13.7. The predicted octanol–water partition coefficient (Wildman–Crippen LogP) is 4.89. The van der Waals surface area contributed by atoms with Crippen molar-refractivity contribution in [3.63, 3.8) is 0 Å². The number of aliphatic hydroxyl groups is 1. The average Bonchev–Trinajstić information content (AvgIpc) is 2.78. The van der Waals surface area contributed by atoms with Crippen LogP contribution in [0.1, 0.15) is 38.7 Å². The van der Waals surface area contributed by atoms with Gasteiger partial charge in [0.15, 0.2) is 0 Å². The molecule has 1 saturated heterocycles. The number of hydrogen-bond acceptors (Lipinski definition) is 5. The number of cyclic esters (lactones) is 1. The van der Waals surface area contributed by atoms with E-state index in [1.54, 1.807) is 12.1 Å². The van der Waals surface area contributed by atoms with Gasteiger partial charge >= 0.3 is 5.97 Å². The number of hydrogen-bond donors (Lipinski definition) is 1. The number of aliphatic hydroxyl groups excluding tert-OH is 1. The summed E-state index contributed by atoms with van der Waals surface area (Å²) in [5.41, 5.74) is 3.89. The molecule has 0 bridgehead atoms. The van der Waals surface area contributed by atoms with Gasteiger partial charge in [-0.3, -0.25) is 4.79 Å². The fraction of sp³-hybridized carbons (Fsp3) is 0.385. The topological polar surface area (TPSA) is 62.7 Å². The summed E-state index contributed by atoms with van der Waals surface area (Å²) >= 11 is 0. The van der Waals surface area contributed by atoms with Crippen LogP contribution < -0.4 is 4.90 Å². The van der Waals surface area contributed by atoms with Crippen LogP contribution in [0.25, 0.3) is 22.0 Å². The Kier molecular flexibility index (Phi) is 6.70. The Morgan fingerprint density at radius 1 is 1.12 bits per heavy atom. The number of para-hydroxylation sites is 1. The Hall–Kier alpha value is -2.99. The molecule has 1 aliphatic rings. The lowest BCUT2D eigenvalue weighted by Gasteiger charge is -2.29. The Morgan fingerprint density at radius 2 is 1.84 bits per heavy atom. The van der Waals surface area contributed by atoms with Crippen molar-refractivity contribution in [2.24, 2.45) is 0 Å². The van der Waals surface area contributed by atoms with Crippen LogP contribution in [0, 0.1) is 5.82 Å². The molecule has 1 N–H and O–H groups in total. The molecule has 0 unspecified atom stereocenters. The highest BCUT2D eigenvalue weighted by molar-refractivity contribution is 5.98. The first kappa shape index (κ1) is 22.2. The molecule has 6 heteroatoms. The maximum Gasteiger partial charge on any atom is 0.308 e. The predicted molar refractivity (Wildman–Crippen MR) is 124 cm³/mol. The quantitative estimate of drug-likeness (QED) is 0.535. The summed E-state index contributed by atoms with van der Waals surface area (Å²) < 4.78 is 19.2. The van der Waals surface area contributed by atoms with Crippen LogP contribution >= 0.6 is 0 Å². The fourth-order valence-corrected chi connectivity index (χ4v) is 4.55. The van der Waals surface area contributed by atoms with Gasteiger partial charge < -0.3 is 14.7 Å². The molecule has 5 nitrogen and oxygen atoms in total. The van der Waals surface area contributed by atoms with Gasteiger partial charge in [-0.15, -0.1) is 0 Å². The van der Waals surface area contributed by atoms with Gasteiger partial charge in [-0.2, -0.15) is 0 Å². The van der Waals surface area contributed by atoms with Gasteiger partial charge in [-0.1, -0.05) is 30.3 Å². The summed E-state index contributed by atoms with van der Waals surface area (Å²) in [6, 6.07) is 14.6. The molecule has 1 aromatic heterocycles. The first-order valence-electron chi connectivity index (χ1n) is 11.3. The van der Waals surface area contributed by atoms with Crippen molar-refractivity contribution in [2.45, 2.75) is 51.7 Å². The van der Waals surface area contributed by atoms with Crippen LogP contribution in [0.3, 0.4) is 0 Å². The number of esters is 1. The summed E-state index contributed by atoms with van der Waals surface area (Å²) in [4.78, 5) is 19.0. The molecule has 3 aromatic rings. The highest BCUT2D eigenvalue weighted by Crippen LogP contribution is 2.38. The Morgan fingerprint density at radius 3 is 2.53 bits per heavy atom. The number of carbonyl (C=O) groups is 1. The molecule has 0 aliphatic carbocycles. The lowest BCUT2D eigenvalue weighted by Crippen LogP contribution is -2.33. The number of benzene rings is 2. The molecule has 0 saturated carbocycles. The number of fused-ring (bicyclic) bond motifs is 1. The lowest BCUT2D eigenvalue weighted by atomic mass is 9.91. The minimum Gasteiger partial charge on any atom is -0.462 e. The summed E-state index contributed by atoms with van der Waals surface area (Å²) in [6.45, 7) is 5.80. The molecule has 0 spiro atoms. The van der Waals surface area contributed by atoms with Crippen molar-refractivity contribution in [1.82, 2.24) is 4.98 Å². The third-order valence-electron chi connectivity index (χ3n) is 6.12. The van der Waals surface area contributed by atoms with Gasteiger partial charge in [0, 0.05) is 30.5 Å². The summed E-state index contributed by atoms with van der Waals surface area (Å²) in [5, 5.41) is 11.0. The third-order valence-corrected chi connectivity index (χ3v) is 6.12. The monoisotopic (exact) mass is 436 g/mol. The Balaban J connectivity index is 1.85. The van der Waals surface area contributed by atoms with Crippen LogP contribution in [-0.2, 0) is 16.0 Å². The average molecular weight is 437 g/mol. The van der Waals surface area contributed by atoms with E-state index in [0.29, 0.717) is 19.3 Å². The molecule has 2 aromatic carbocycles. The van der Waals surface area contributed by atoms with Gasteiger partial charge in [0.2, 0.25) is 0 Å². The zero-order valence-corrected chi connectivity index (χ0v) is 18.6. The van der Waals surface area contributed by atoms with E-state index in [9.17, 15) is 14.3 Å². The largest absolute Gasteiger partial charge is 0.462 e. The third kappa shape index (κ3) is 4.60. The molecule has 2 atom stereocenters. The van der Waals surface area contributed by atoms with Gasteiger partial charge in [0.25, 0.3) is 0 Å². The second-order valence-electron chi connectivity index (χ2n) is 8.23. The second-order valence-corrected chi connectivity index (χ2v) is 8.23. The molecular weight excluding hydrogens is 407 g/mol. The van der Waals surface area contributed by atoms with E-state index >= 15 is 0 Å². The number of pyridine rings is 1. The highest BCUT2D eigenvalue weighted by atomic mass is 19.1. The van der Waals surface area contributed by atoms with Crippen molar-refractivity contribution < 1.29 is 19.0 Å². The Bertz CT molecular complexity index is 1100. The van der Waals surface area contributed by atoms with Crippen LogP contribution in [0.5, 0.6) is 0 Å². The van der Waals surface area contributed by atoms with E-state index in [4.69, 9.17) is 9.72 Å². The molecule has 4 rings (SSSR count). The van der Waals surface area contributed by atoms with Crippen molar-refractivity contribution >= 4 is 22.7 Å². The number of anilines is 1. The zero-order chi connectivity index (χ0) is 22.7. The van der Waals surface area contributed by atoms with Crippen molar-refractivity contribution in [3.05, 3.63) is 59.9 Å². The van der Waals surface area contributed by atoms with Gasteiger partial charge in [0.05, 0.1) is 18.0 Å². The number of halogens is 1. The van der Waals surface area contributed by atoms with Gasteiger partial charge in [-0.25, -0.2) is 9.37 Å². The van der Waals surface area contributed by atoms with E-state index in [1.807, 2.05) is 24.3 Å². The molecule has 168 valence electrons. The smallest absolute Gasteiger partial charge is 0.308 e. The van der Waals surface area contributed by atoms with Crippen LogP contribution in [-0.4, -0.2) is 41.4 Å². The molecule has 2 heterocycles. The highest BCUT2D eigenvalue weighted by Gasteiger charge is 2.28. The molecule has 0 radical (unpaired) electrons. The van der Waals surface area contributed by atoms with Gasteiger partial charge in [-0.05, 0) is 56.0 Å². The maximum atomic E-state index is 13.7. The first-order chi connectivity index (χ1) is 15.5. The zero-order valence-electron chi connectivity index (χ0n) is 18.6. The van der Waals surface area contributed by atoms with Crippen molar-refractivity contribution in [3.8, 4) is 11.1 Å². The number of aromatic nitrogens is 1. The number of ether oxygens (including phenoxy) is 1. The summed E-state index contributed by atoms with van der Waals surface area (Å²) in [7, 11) is 0. The molecule has 1 fully saturated rings. The van der Waals surface area contributed by atoms with Crippen LogP contribution in [0.15, 0.2) is 48.5 Å². The molecule has 32 heavy (non-hydrogen) atoms. The second kappa shape index (κ2) is 9.65. The minimum absolute atomic E-state index is 0.0551. The summed E-state index contributed by atoms with van der Waals surface area (Å²) in [6.07, 6.45) is 0.726. The van der Waals surface area contributed by atoms with E-state index in [2.05, 4.69) is 18.7 Å². The van der Waals surface area contributed by atoms with E-state index in [0.717, 1.165) is 46.5 Å². The lowest BCUT2D eigenvalue weighted by molar-refractivity contribution is -0.160. The SMILES string of the molecule is CCN(CC)c1nc2ccccc2c(-c2ccc(F)cc2)c1CC[C@@H]1C[C@H](O)CC(=O)O1. The van der Waals surface area contributed by atoms with Crippen molar-refractivity contribution in [1.29, 1.82) is 0 Å². The van der Waals surface area contributed by atoms with Crippen molar-refractivity contribution in [2.75, 3.05) is 18.0 Å². The van der Waals surface area contributed by atoms with E-state index < -0.39 is 6.10 Å². The molecule has 1 aliphatic heterocycles. The van der Waals surface area contributed by atoms with Crippen LogP contribution in [0.4, 0.5) is 10.2 Å². The fourth-order valence-electron chi connectivity index (χ4n) is 4.55. The molecular formula is C26H29FN2O3. The normalized spacial score (nSPS) is 18.6. The first-order valence-corrected chi connectivity index (χ1v) is 11.3. The Labute approximate surface area is 187 Å². The van der Waals surface area contributed by atoms with Gasteiger partial charge in [0.1, 0.15) is 17.7 Å². The van der Waals surface area contributed by atoms with E-state index in [-0.39, 0.29) is 24.3 Å².